The average Bonchev–Trinajstić information content (AvgIpc) is 2.79. The Bertz CT molecular complexity index is 507. The number of aromatic nitrogens is 2. The van der Waals surface area contributed by atoms with Gasteiger partial charge in [0, 0.05) is 31.5 Å². The number of nitrogens with zero attached hydrogens (tertiary/aromatic N) is 3. The largest absolute Gasteiger partial charge is 0.373 e. The van der Waals surface area contributed by atoms with Crippen molar-refractivity contribution in [1.82, 2.24) is 18.8 Å². The molecule has 0 unspecified atom stereocenters. The van der Waals surface area contributed by atoms with Gasteiger partial charge in [-0.2, -0.15) is 22.5 Å². The van der Waals surface area contributed by atoms with Crippen molar-refractivity contribution in [3.05, 3.63) is 18.5 Å². The van der Waals surface area contributed by atoms with Gasteiger partial charge in [-0.25, -0.2) is 0 Å². The van der Waals surface area contributed by atoms with Gasteiger partial charge in [0.1, 0.15) is 0 Å². The second-order valence-corrected chi connectivity index (χ2v) is 7.03. The number of hydrogen-bond acceptors (Lipinski definition) is 4. The molecule has 3 atom stereocenters. The zero-order chi connectivity index (χ0) is 14.8. The van der Waals surface area contributed by atoms with Crippen LogP contribution >= 0.6 is 0 Å². The lowest BCUT2D eigenvalue weighted by molar-refractivity contribution is -0.0444. The number of hydrogen-bond donors (Lipinski definition) is 1. The van der Waals surface area contributed by atoms with Crippen LogP contribution in [0, 0.1) is 0 Å². The second kappa shape index (κ2) is 6.21. The summed E-state index contributed by atoms with van der Waals surface area (Å²) in [5.74, 6) is 0. The molecule has 0 amide bonds. The predicted molar refractivity (Wildman–Crippen MR) is 75.3 cm³/mol. The third-order valence-electron chi connectivity index (χ3n) is 3.10. The van der Waals surface area contributed by atoms with Gasteiger partial charge in [-0.05, 0) is 26.8 Å². The van der Waals surface area contributed by atoms with Crippen LogP contribution in [0.2, 0.25) is 0 Å². The van der Waals surface area contributed by atoms with Crippen molar-refractivity contribution in [3.63, 3.8) is 0 Å². The van der Waals surface area contributed by atoms with Crippen LogP contribution < -0.4 is 4.72 Å². The van der Waals surface area contributed by atoms with E-state index in [9.17, 15) is 8.42 Å². The van der Waals surface area contributed by atoms with E-state index < -0.39 is 10.2 Å². The Morgan fingerprint density at radius 3 is 2.60 bits per heavy atom. The van der Waals surface area contributed by atoms with Gasteiger partial charge in [0.25, 0.3) is 10.2 Å². The molecule has 0 bridgehead atoms. The Morgan fingerprint density at radius 2 is 2.05 bits per heavy atom. The molecule has 1 aromatic heterocycles. The zero-order valence-corrected chi connectivity index (χ0v) is 12.9. The van der Waals surface area contributed by atoms with Gasteiger partial charge in [-0.15, -0.1) is 0 Å². The summed E-state index contributed by atoms with van der Waals surface area (Å²) in [4.78, 5) is 0. The lowest BCUT2D eigenvalue weighted by atomic mass is 10.3. The molecular formula is C12H22N4O3S. The molecule has 0 saturated carbocycles. The predicted octanol–water partition coefficient (Wildman–Crippen LogP) is 0.215. The van der Waals surface area contributed by atoms with Crippen LogP contribution in [0.25, 0.3) is 0 Å². The van der Waals surface area contributed by atoms with Gasteiger partial charge in [0.2, 0.25) is 0 Å². The molecule has 1 aliphatic heterocycles. The minimum absolute atomic E-state index is 0.0863. The molecule has 7 nitrogen and oxygen atoms in total. The summed E-state index contributed by atoms with van der Waals surface area (Å²) in [5, 5.41) is 4.07. The van der Waals surface area contributed by atoms with Gasteiger partial charge in [-0.3, -0.25) is 4.68 Å². The molecule has 2 heterocycles. The highest BCUT2D eigenvalue weighted by Gasteiger charge is 2.31. The van der Waals surface area contributed by atoms with Crippen molar-refractivity contribution in [2.75, 3.05) is 13.1 Å². The number of ether oxygens (including phenoxy) is 1. The maximum atomic E-state index is 12.3. The van der Waals surface area contributed by atoms with Crippen molar-refractivity contribution in [3.8, 4) is 0 Å². The fourth-order valence-corrected chi connectivity index (χ4v) is 3.93. The SMILES string of the molecule is C[C@H](Cn1cccn1)NS(=O)(=O)N1C[C@@H](C)O[C@@H](C)C1. The van der Waals surface area contributed by atoms with E-state index in [1.54, 1.807) is 10.9 Å². The first-order valence-electron chi connectivity index (χ1n) is 6.77. The first-order chi connectivity index (χ1) is 9.37. The maximum absolute atomic E-state index is 12.3. The number of nitrogens with one attached hydrogen (secondary N) is 1. The molecule has 0 radical (unpaired) electrons. The highest BCUT2D eigenvalue weighted by molar-refractivity contribution is 7.87. The Balaban J connectivity index is 1.96. The van der Waals surface area contributed by atoms with Gasteiger partial charge < -0.3 is 4.74 Å². The molecule has 0 aromatic carbocycles. The summed E-state index contributed by atoms with van der Waals surface area (Å²) in [7, 11) is -3.49. The molecule has 2 rings (SSSR count). The highest BCUT2D eigenvalue weighted by Crippen LogP contribution is 2.13. The summed E-state index contributed by atoms with van der Waals surface area (Å²) < 4.78 is 36.1. The van der Waals surface area contributed by atoms with Crippen LogP contribution in [0.5, 0.6) is 0 Å². The molecule has 0 spiro atoms. The van der Waals surface area contributed by atoms with Gasteiger partial charge in [0.15, 0.2) is 0 Å². The Morgan fingerprint density at radius 1 is 1.40 bits per heavy atom. The number of morpholine rings is 1. The first-order valence-corrected chi connectivity index (χ1v) is 8.21. The molecule has 114 valence electrons. The van der Waals surface area contributed by atoms with Gasteiger partial charge >= 0.3 is 0 Å². The maximum Gasteiger partial charge on any atom is 0.279 e. The highest BCUT2D eigenvalue weighted by atomic mass is 32.2. The summed E-state index contributed by atoms with van der Waals surface area (Å²) in [6.07, 6.45) is 3.31. The van der Waals surface area contributed by atoms with E-state index in [1.807, 2.05) is 33.0 Å². The van der Waals surface area contributed by atoms with Crippen LogP contribution in [0.3, 0.4) is 0 Å². The molecular weight excluding hydrogens is 280 g/mol. The van der Waals surface area contributed by atoms with E-state index in [-0.39, 0.29) is 18.2 Å². The van der Waals surface area contributed by atoms with E-state index in [4.69, 9.17) is 4.74 Å². The third-order valence-corrected chi connectivity index (χ3v) is 4.77. The Hall–Kier alpha value is -0.960. The molecule has 1 N–H and O–H groups in total. The minimum atomic E-state index is -3.49. The van der Waals surface area contributed by atoms with Gasteiger partial charge in [0.05, 0.1) is 18.8 Å². The Kier molecular flexibility index (Phi) is 4.79. The first kappa shape index (κ1) is 15.4. The normalized spacial score (nSPS) is 26.6. The quantitative estimate of drug-likeness (QED) is 0.844. The standard InChI is InChI=1S/C12H22N4O3S/c1-10(7-15-6-4-5-13-15)14-20(17,18)16-8-11(2)19-12(3)9-16/h4-6,10-12,14H,7-9H2,1-3H3/t10-,11-,12+/m1/s1. The second-order valence-electron chi connectivity index (χ2n) is 5.33. The van der Waals surface area contributed by atoms with Crippen molar-refractivity contribution in [2.45, 2.75) is 45.6 Å². The van der Waals surface area contributed by atoms with Crippen molar-refractivity contribution >= 4 is 10.2 Å². The zero-order valence-electron chi connectivity index (χ0n) is 12.1. The Labute approximate surface area is 120 Å². The van der Waals surface area contributed by atoms with Crippen molar-refractivity contribution < 1.29 is 13.2 Å². The van der Waals surface area contributed by atoms with E-state index in [1.165, 1.54) is 4.31 Å². The molecule has 20 heavy (non-hydrogen) atoms. The topological polar surface area (TPSA) is 76.5 Å². The number of rotatable bonds is 5. The van der Waals surface area contributed by atoms with Crippen molar-refractivity contribution in [1.29, 1.82) is 0 Å². The molecule has 1 aliphatic rings. The molecule has 1 saturated heterocycles. The van der Waals surface area contributed by atoms with E-state index >= 15 is 0 Å². The van der Waals surface area contributed by atoms with Crippen LogP contribution in [0.15, 0.2) is 18.5 Å². The van der Waals surface area contributed by atoms with Gasteiger partial charge in [-0.1, -0.05) is 0 Å². The summed E-state index contributed by atoms with van der Waals surface area (Å²) in [6.45, 7) is 6.85. The molecule has 8 heteroatoms. The molecule has 1 fully saturated rings. The monoisotopic (exact) mass is 302 g/mol. The lowest BCUT2D eigenvalue weighted by Gasteiger charge is -2.35. The molecule has 0 aliphatic carbocycles. The fourth-order valence-electron chi connectivity index (χ4n) is 2.38. The van der Waals surface area contributed by atoms with Crippen LogP contribution in [0.1, 0.15) is 20.8 Å². The van der Waals surface area contributed by atoms with Crippen LogP contribution in [0.4, 0.5) is 0 Å². The summed E-state index contributed by atoms with van der Waals surface area (Å²) in [6, 6.07) is 1.58. The van der Waals surface area contributed by atoms with Crippen LogP contribution in [-0.4, -0.2) is 53.8 Å². The van der Waals surface area contributed by atoms with E-state index in [0.29, 0.717) is 19.6 Å². The van der Waals surface area contributed by atoms with Crippen molar-refractivity contribution in [2.24, 2.45) is 0 Å². The van der Waals surface area contributed by atoms with E-state index in [2.05, 4.69) is 9.82 Å². The average molecular weight is 302 g/mol. The molecule has 1 aromatic rings. The van der Waals surface area contributed by atoms with Crippen LogP contribution in [-0.2, 0) is 21.5 Å². The smallest absolute Gasteiger partial charge is 0.279 e. The lowest BCUT2D eigenvalue weighted by Crippen LogP contribution is -2.53. The fraction of sp³-hybridized carbons (Fsp3) is 0.750. The summed E-state index contributed by atoms with van der Waals surface area (Å²) in [5.41, 5.74) is 0. The minimum Gasteiger partial charge on any atom is -0.373 e. The third kappa shape index (κ3) is 4.02. The van der Waals surface area contributed by atoms with E-state index in [0.717, 1.165) is 0 Å². The summed E-state index contributed by atoms with van der Waals surface area (Å²) >= 11 is 0.